The van der Waals surface area contributed by atoms with Gasteiger partial charge in [0.15, 0.2) is 0 Å². The maximum Gasteiger partial charge on any atom is 0.277 e. The van der Waals surface area contributed by atoms with Crippen molar-refractivity contribution in [2.75, 3.05) is 9.80 Å². The summed E-state index contributed by atoms with van der Waals surface area (Å²) in [6, 6.07) is 79.7. The molecule has 4 aliphatic carbocycles. The van der Waals surface area contributed by atoms with E-state index < -0.39 is 10.8 Å². The van der Waals surface area contributed by atoms with Gasteiger partial charge in [-0.25, -0.2) is 0 Å². The fourth-order valence-corrected chi connectivity index (χ4v) is 18.3. The molecule has 5 heteroatoms. The van der Waals surface area contributed by atoms with Gasteiger partial charge in [0, 0.05) is 53.2 Å². The topological polar surface area (TPSA) is 6.48 Å². The smallest absolute Gasteiger partial charge is 0.277 e. The van der Waals surface area contributed by atoms with Crippen molar-refractivity contribution in [1.29, 1.82) is 0 Å². The van der Waals surface area contributed by atoms with Crippen LogP contribution in [0.1, 0.15) is 80.6 Å². The third-order valence-corrected chi connectivity index (χ3v) is 20.6. The quantitative estimate of drug-likeness (QED) is 0.159. The van der Waals surface area contributed by atoms with E-state index in [1.807, 2.05) is 0 Å². The first-order valence-corrected chi connectivity index (χ1v) is 28.2. The number of nitrogens with zero attached hydrogens (tertiary/aromatic N) is 2. The van der Waals surface area contributed by atoms with Crippen molar-refractivity contribution in [3.05, 3.63) is 266 Å². The summed E-state index contributed by atoms with van der Waals surface area (Å²) in [6.07, 6.45) is 0. The molecule has 0 unspecified atom stereocenters. The van der Waals surface area contributed by atoms with Crippen LogP contribution in [0.5, 0.6) is 0 Å². The van der Waals surface area contributed by atoms with E-state index in [1.54, 1.807) is 0 Å². The molecule has 0 radical (unpaired) electrons. The Kier molecular flexibility index (Phi) is 8.17. The van der Waals surface area contributed by atoms with Crippen LogP contribution in [-0.4, -0.2) is 6.71 Å². The molecular weight excluding hydrogens is 944 g/mol. The van der Waals surface area contributed by atoms with Crippen LogP contribution in [0.4, 0.5) is 34.1 Å². The predicted molar refractivity (Wildman–Crippen MR) is 317 cm³/mol. The Labute approximate surface area is 447 Å². The molecule has 0 saturated heterocycles. The summed E-state index contributed by atoms with van der Waals surface area (Å²) in [5, 5.41) is 0. The molecule has 6 aliphatic rings. The number of thiophene rings is 2. The minimum atomic E-state index is -0.504. The molecule has 354 valence electrons. The van der Waals surface area contributed by atoms with Crippen molar-refractivity contribution in [2.45, 2.75) is 50.9 Å². The second kappa shape index (κ2) is 14.5. The fourth-order valence-electron chi connectivity index (χ4n) is 14.9. The van der Waals surface area contributed by atoms with Gasteiger partial charge in [-0.3, -0.25) is 0 Å². The second-order valence-corrected chi connectivity index (χ2v) is 24.9. The molecule has 0 saturated carbocycles. The van der Waals surface area contributed by atoms with Crippen LogP contribution in [0, 0.1) is 13.8 Å². The van der Waals surface area contributed by atoms with Crippen molar-refractivity contribution in [2.24, 2.45) is 0 Å². The zero-order valence-electron chi connectivity index (χ0n) is 42.4. The summed E-state index contributed by atoms with van der Waals surface area (Å²) >= 11 is 4.18. The van der Waals surface area contributed by atoms with Gasteiger partial charge >= 0.3 is 0 Å². The number of aryl methyl sites for hydroxylation is 2. The summed E-state index contributed by atoms with van der Waals surface area (Å²) in [5.74, 6) is 0. The molecule has 17 rings (SSSR count). The average molecular weight is 993 g/mol. The molecule has 11 aromatic rings. The van der Waals surface area contributed by atoms with Crippen molar-refractivity contribution in [3.63, 3.8) is 0 Å². The third kappa shape index (κ3) is 5.03. The van der Waals surface area contributed by atoms with Crippen molar-refractivity contribution >= 4 is 78.5 Å². The maximum atomic E-state index is 2.69. The van der Waals surface area contributed by atoms with E-state index in [0.717, 1.165) is 0 Å². The molecule has 2 spiro atoms. The molecule has 2 aliphatic heterocycles. The maximum absolute atomic E-state index is 2.69. The Morgan fingerprint density at radius 2 is 0.787 bits per heavy atom. The van der Waals surface area contributed by atoms with Crippen molar-refractivity contribution in [1.82, 2.24) is 0 Å². The van der Waals surface area contributed by atoms with Crippen LogP contribution >= 0.6 is 22.7 Å². The standard InChI is InChI=1S/C70H49BN2S2/c1-40-31-34-44(35-32-40)73-58-38-41(2)37-57-61(58)71(67-63(73)60-50-36-33-42(68(3,4)5)39-56(50)70(65(60)75-67)53-28-16-11-23-47(53)48-24-12-17-29-54(48)70)66-62(72(57)43-19-7-6-8-20-43)59-49-25-13-18-30-55(49)69(64(59)74-66)51-26-14-9-21-45(51)46-22-10-15-27-52(46)69/h6-39H,1-5H3. The summed E-state index contributed by atoms with van der Waals surface area (Å²) in [4.78, 5) is 8.23. The number of fused-ring (bicyclic) bond motifs is 26. The molecule has 0 N–H and O–H groups in total. The van der Waals surface area contributed by atoms with E-state index in [9.17, 15) is 0 Å². The molecule has 2 aromatic heterocycles. The molecular formula is C70H49BN2S2. The highest BCUT2D eigenvalue weighted by atomic mass is 32.1. The summed E-state index contributed by atoms with van der Waals surface area (Å²) in [7, 11) is 0. The zero-order valence-corrected chi connectivity index (χ0v) is 44.1. The minimum Gasteiger partial charge on any atom is -0.310 e. The second-order valence-electron chi connectivity index (χ2n) is 22.8. The first-order valence-electron chi connectivity index (χ1n) is 26.5. The number of hydrogen-bond donors (Lipinski definition) is 0. The normalized spacial score (nSPS) is 15.4. The van der Waals surface area contributed by atoms with Gasteiger partial charge in [-0.05, 0) is 139 Å². The fraction of sp³-hybridized carbons (Fsp3) is 0.114. The van der Waals surface area contributed by atoms with E-state index in [2.05, 4.69) is 273 Å². The highest BCUT2D eigenvalue weighted by molar-refractivity contribution is 7.37. The molecule has 9 aromatic carbocycles. The van der Waals surface area contributed by atoms with E-state index in [1.165, 1.54) is 153 Å². The SMILES string of the molecule is Cc1ccc(N2c3cc(C)cc4c3B(c3sc5c(c3N4c3ccccc3)-c3ccccc3C53c4ccccc4-c4ccccc43)c3sc4c(c32)-c2ccc(C(C)(C)C)cc2C42c3ccccc3-c3ccccc32)cc1. The third-order valence-electron chi connectivity index (χ3n) is 17.9. The van der Waals surface area contributed by atoms with Gasteiger partial charge in [0.25, 0.3) is 6.71 Å². The average Bonchev–Trinajstić information content (AvgIpc) is 4.36. The summed E-state index contributed by atoms with van der Waals surface area (Å²) < 4.78 is 2.85. The Morgan fingerprint density at radius 1 is 0.387 bits per heavy atom. The first kappa shape index (κ1) is 42.4. The largest absolute Gasteiger partial charge is 0.310 e. The molecule has 2 nitrogen and oxygen atoms in total. The van der Waals surface area contributed by atoms with Crippen LogP contribution in [0.2, 0.25) is 0 Å². The van der Waals surface area contributed by atoms with Crippen LogP contribution in [0.3, 0.4) is 0 Å². The lowest BCUT2D eigenvalue weighted by molar-refractivity contribution is 0.588. The number of benzene rings is 9. The van der Waals surface area contributed by atoms with Gasteiger partial charge in [0.1, 0.15) is 0 Å². The predicted octanol–water partition coefficient (Wildman–Crippen LogP) is 16.5. The zero-order chi connectivity index (χ0) is 49.9. The molecule has 0 amide bonds. The van der Waals surface area contributed by atoms with E-state index >= 15 is 0 Å². The lowest BCUT2D eigenvalue weighted by Gasteiger charge is -2.43. The van der Waals surface area contributed by atoms with E-state index in [4.69, 9.17) is 0 Å². The molecule has 0 bridgehead atoms. The number of anilines is 6. The van der Waals surface area contributed by atoms with Crippen molar-refractivity contribution < 1.29 is 0 Å². The Balaban J connectivity index is 1.05. The molecule has 75 heavy (non-hydrogen) atoms. The number of para-hydroxylation sites is 1. The van der Waals surface area contributed by atoms with E-state index in [0.29, 0.717) is 0 Å². The van der Waals surface area contributed by atoms with Gasteiger partial charge in [0.2, 0.25) is 0 Å². The summed E-state index contributed by atoms with van der Waals surface area (Å²) in [5.41, 5.74) is 30.9. The van der Waals surface area contributed by atoms with Gasteiger partial charge in [0.05, 0.1) is 22.2 Å². The number of hydrogen-bond acceptors (Lipinski definition) is 4. The number of rotatable bonds is 2. The first-order chi connectivity index (χ1) is 36.7. The van der Waals surface area contributed by atoms with Crippen LogP contribution < -0.4 is 24.8 Å². The summed E-state index contributed by atoms with van der Waals surface area (Å²) in [6.45, 7) is 11.6. The van der Waals surface area contributed by atoms with Gasteiger partial charge in [-0.2, -0.15) is 0 Å². The highest BCUT2D eigenvalue weighted by Gasteiger charge is 2.60. The minimum absolute atomic E-state index is 0.0363. The van der Waals surface area contributed by atoms with Crippen molar-refractivity contribution in [3.8, 4) is 44.5 Å². The Morgan fingerprint density at radius 3 is 1.27 bits per heavy atom. The highest BCUT2D eigenvalue weighted by Crippen LogP contribution is 2.70. The van der Waals surface area contributed by atoms with Gasteiger partial charge < -0.3 is 9.80 Å². The van der Waals surface area contributed by atoms with Gasteiger partial charge in [-0.1, -0.05) is 196 Å². The van der Waals surface area contributed by atoms with Gasteiger partial charge in [-0.15, -0.1) is 22.7 Å². The molecule has 0 fully saturated rings. The molecule has 0 atom stereocenters. The Hall–Kier alpha value is -7.96. The van der Waals surface area contributed by atoms with Crippen LogP contribution in [0.25, 0.3) is 44.5 Å². The van der Waals surface area contributed by atoms with Crippen LogP contribution in [-0.2, 0) is 16.2 Å². The lowest BCUT2D eigenvalue weighted by atomic mass is 9.39. The van der Waals surface area contributed by atoms with E-state index in [-0.39, 0.29) is 12.1 Å². The Bertz CT molecular complexity index is 4250. The lowest BCUT2D eigenvalue weighted by Crippen LogP contribution is -2.59. The van der Waals surface area contributed by atoms with Crippen LogP contribution in [0.15, 0.2) is 206 Å². The monoisotopic (exact) mass is 992 g/mol. The molecule has 4 heterocycles.